The molecule has 1 aromatic rings. The van der Waals surface area contributed by atoms with Gasteiger partial charge in [0.1, 0.15) is 0 Å². The van der Waals surface area contributed by atoms with Crippen LogP contribution in [0.3, 0.4) is 0 Å². The first-order chi connectivity index (χ1) is 22.0. The summed E-state index contributed by atoms with van der Waals surface area (Å²) in [6.07, 6.45) is 12.5. The van der Waals surface area contributed by atoms with Crippen molar-refractivity contribution in [3.63, 3.8) is 0 Å². The lowest BCUT2D eigenvalue weighted by molar-refractivity contribution is -0.137. The van der Waals surface area contributed by atoms with Crippen LogP contribution in [-0.4, -0.2) is 81.0 Å². The average molecular weight is 645 g/mol. The fourth-order valence-corrected chi connectivity index (χ4v) is 6.18. The second-order valence-electron chi connectivity index (χ2n) is 13.3. The van der Waals surface area contributed by atoms with Crippen LogP contribution in [0.5, 0.6) is 0 Å². The highest BCUT2D eigenvalue weighted by atomic mass is 16.4. The maximum absolute atomic E-state index is 12.2. The number of carbonyl (C=O) groups is 2. The molecule has 0 spiro atoms. The predicted molar refractivity (Wildman–Crippen MR) is 182 cm³/mol. The van der Waals surface area contributed by atoms with Crippen molar-refractivity contribution in [2.24, 2.45) is 5.92 Å². The SMILES string of the molecule is CCCCC[C@H](O)C=CC(CCc1ccccc1)=C(C[C@H](O)CO)[C@H](CCCCCCC(=O)O)NC[C@@](C)(O)C[C@H]1CCNC1=O. The fraction of sp³-hybridized carbons (Fsp3) is 0.676. The van der Waals surface area contributed by atoms with Gasteiger partial charge in [0, 0.05) is 31.5 Å². The van der Waals surface area contributed by atoms with E-state index in [1.54, 1.807) is 6.92 Å². The van der Waals surface area contributed by atoms with E-state index in [1.165, 1.54) is 5.56 Å². The number of hydrogen-bond acceptors (Lipinski definition) is 7. The van der Waals surface area contributed by atoms with Crippen molar-refractivity contribution in [1.82, 2.24) is 10.6 Å². The number of rotatable bonds is 25. The summed E-state index contributed by atoms with van der Waals surface area (Å²) >= 11 is 0. The van der Waals surface area contributed by atoms with E-state index in [0.717, 1.165) is 56.1 Å². The summed E-state index contributed by atoms with van der Waals surface area (Å²) in [4.78, 5) is 23.2. The van der Waals surface area contributed by atoms with Crippen LogP contribution >= 0.6 is 0 Å². The maximum atomic E-state index is 12.2. The summed E-state index contributed by atoms with van der Waals surface area (Å²) < 4.78 is 0. The number of aliphatic hydroxyl groups is 4. The minimum Gasteiger partial charge on any atom is -0.481 e. The molecule has 2 rings (SSSR count). The first kappa shape index (κ1) is 39.6. The van der Waals surface area contributed by atoms with Crippen LogP contribution in [0, 0.1) is 5.92 Å². The normalized spacial score (nSPS) is 19.0. The largest absolute Gasteiger partial charge is 0.481 e. The first-order valence-electron chi connectivity index (χ1n) is 17.4. The summed E-state index contributed by atoms with van der Waals surface area (Å²) in [5.41, 5.74) is 1.92. The van der Waals surface area contributed by atoms with Crippen LogP contribution in [0.4, 0.5) is 0 Å². The monoisotopic (exact) mass is 644 g/mol. The maximum Gasteiger partial charge on any atom is 0.303 e. The molecule has 1 heterocycles. The Kier molecular flexibility index (Phi) is 19.0. The Morgan fingerprint density at radius 3 is 2.43 bits per heavy atom. The molecule has 1 aliphatic rings. The highest BCUT2D eigenvalue weighted by molar-refractivity contribution is 5.80. The van der Waals surface area contributed by atoms with Gasteiger partial charge in [-0.3, -0.25) is 9.59 Å². The number of amides is 1. The standard InChI is InChI=1S/C37H60N2O7/c1-3-4-8-15-31(41)21-20-29(19-18-28-13-9-7-10-14-28)33(24-32(42)26-40)34(16-11-5-6-12-17-35(43)44)39-27-37(2,46)25-30-22-23-38-36(30)45/h7,9-10,13-14,20-21,30-32,34,39-42,46H,3-6,8,11-12,15-19,22-27H2,1-2H3,(H,38,45)(H,43,44)/t30-,31+,32+,34+,37+/m1/s1. The summed E-state index contributed by atoms with van der Waals surface area (Å²) in [6.45, 7) is 4.32. The molecule has 0 unspecified atom stereocenters. The summed E-state index contributed by atoms with van der Waals surface area (Å²) in [6, 6.07) is 9.89. The van der Waals surface area contributed by atoms with E-state index in [9.17, 15) is 30.0 Å². The number of unbranched alkanes of at least 4 members (excludes halogenated alkanes) is 5. The lowest BCUT2D eigenvalue weighted by Gasteiger charge is -2.32. The van der Waals surface area contributed by atoms with E-state index in [4.69, 9.17) is 5.11 Å². The van der Waals surface area contributed by atoms with Gasteiger partial charge in [-0.1, -0.05) is 87.9 Å². The van der Waals surface area contributed by atoms with Crippen molar-refractivity contribution in [3.8, 4) is 0 Å². The molecule has 0 aliphatic carbocycles. The molecule has 1 aliphatic heterocycles. The van der Waals surface area contributed by atoms with E-state index in [1.807, 2.05) is 30.4 Å². The van der Waals surface area contributed by atoms with Crippen molar-refractivity contribution < 1.29 is 35.1 Å². The van der Waals surface area contributed by atoms with Crippen LogP contribution < -0.4 is 10.6 Å². The van der Waals surface area contributed by atoms with E-state index in [0.29, 0.717) is 45.1 Å². The Balaban J connectivity index is 2.41. The van der Waals surface area contributed by atoms with Gasteiger partial charge in [0.05, 0.1) is 24.4 Å². The number of carboxylic acids is 1. The number of aliphatic hydroxyl groups excluding tert-OH is 3. The van der Waals surface area contributed by atoms with E-state index in [-0.39, 0.29) is 37.3 Å². The third-order valence-corrected chi connectivity index (χ3v) is 8.86. The second kappa shape index (κ2) is 22.1. The quantitative estimate of drug-likeness (QED) is 0.0590. The van der Waals surface area contributed by atoms with Gasteiger partial charge in [-0.05, 0) is 75.0 Å². The minimum absolute atomic E-state index is 0.0318. The molecule has 7 N–H and O–H groups in total. The molecule has 1 fully saturated rings. The van der Waals surface area contributed by atoms with Gasteiger partial charge in [-0.15, -0.1) is 0 Å². The zero-order valence-corrected chi connectivity index (χ0v) is 28.1. The Morgan fingerprint density at radius 1 is 1.07 bits per heavy atom. The molecule has 9 heteroatoms. The molecule has 0 bridgehead atoms. The molecular weight excluding hydrogens is 584 g/mol. The number of carbonyl (C=O) groups excluding carboxylic acids is 1. The molecule has 1 saturated heterocycles. The van der Waals surface area contributed by atoms with E-state index < -0.39 is 30.4 Å². The highest BCUT2D eigenvalue weighted by Gasteiger charge is 2.33. The third-order valence-electron chi connectivity index (χ3n) is 8.86. The Morgan fingerprint density at radius 2 is 1.78 bits per heavy atom. The van der Waals surface area contributed by atoms with Crippen LogP contribution in [0.25, 0.3) is 0 Å². The van der Waals surface area contributed by atoms with Gasteiger partial charge < -0.3 is 36.2 Å². The molecular formula is C37H60N2O7. The number of benzene rings is 1. The molecule has 260 valence electrons. The summed E-state index contributed by atoms with van der Waals surface area (Å²) in [5.74, 6) is -1.07. The molecule has 0 saturated carbocycles. The number of aryl methyl sites for hydroxylation is 1. The Labute approximate surface area is 276 Å². The van der Waals surface area contributed by atoms with Gasteiger partial charge in [0.2, 0.25) is 5.91 Å². The molecule has 1 amide bonds. The molecule has 5 atom stereocenters. The average Bonchev–Trinajstić information content (AvgIpc) is 3.42. The van der Waals surface area contributed by atoms with Crippen molar-refractivity contribution in [3.05, 3.63) is 59.2 Å². The van der Waals surface area contributed by atoms with Crippen molar-refractivity contribution in [1.29, 1.82) is 0 Å². The minimum atomic E-state index is -1.15. The van der Waals surface area contributed by atoms with E-state index in [2.05, 4.69) is 29.7 Å². The number of allylic oxidation sites excluding steroid dienone is 2. The Bertz CT molecular complexity index is 1070. The predicted octanol–water partition coefficient (Wildman–Crippen LogP) is 4.82. The van der Waals surface area contributed by atoms with E-state index >= 15 is 0 Å². The number of carboxylic acid groups (broad SMARTS) is 1. The molecule has 46 heavy (non-hydrogen) atoms. The smallest absolute Gasteiger partial charge is 0.303 e. The number of nitrogens with one attached hydrogen (secondary N) is 2. The van der Waals surface area contributed by atoms with Crippen LogP contribution in [0.1, 0.15) is 109 Å². The van der Waals surface area contributed by atoms with Crippen LogP contribution in [0.15, 0.2) is 53.6 Å². The topological polar surface area (TPSA) is 159 Å². The van der Waals surface area contributed by atoms with Crippen molar-refractivity contribution >= 4 is 11.9 Å². The summed E-state index contributed by atoms with van der Waals surface area (Å²) in [7, 11) is 0. The molecule has 9 nitrogen and oxygen atoms in total. The van der Waals surface area contributed by atoms with Gasteiger partial charge >= 0.3 is 5.97 Å². The zero-order valence-electron chi connectivity index (χ0n) is 28.1. The molecule has 0 radical (unpaired) electrons. The lowest BCUT2D eigenvalue weighted by atomic mass is 9.86. The summed E-state index contributed by atoms with van der Waals surface area (Å²) in [5, 5.41) is 58.2. The Hall–Kier alpha value is -2.56. The van der Waals surface area contributed by atoms with Gasteiger partial charge in [0.15, 0.2) is 0 Å². The van der Waals surface area contributed by atoms with Crippen LogP contribution in [0.2, 0.25) is 0 Å². The van der Waals surface area contributed by atoms with Gasteiger partial charge in [0.25, 0.3) is 0 Å². The zero-order chi connectivity index (χ0) is 33.8. The number of aliphatic carboxylic acids is 1. The molecule has 0 aromatic heterocycles. The van der Waals surface area contributed by atoms with Gasteiger partial charge in [-0.2, -0.15) is 0 Å². The first-order valence-corrected chi connectivity index (χ1v) is 17.4. The molecule has 1 aromatic carbocycles. The van der Waals surface area contributed by atoms with Crippen LogP contribution in [-0.2, 0) is 16.0 Å². The third kappa shape index (κ3) is 16.3. The van der Waals surface area contributed by atoms with Crippen molar-refractivity contribution in [2.75, 3.05) is 19.7 Å². The van der Waals surface area contributed by atoms with Crippen molar-refractivity contribution in [2.45, 2.75) is 134 Å². The lowest BCUT2D eigenvalue weighted by Crippen LogP contribution is -2.45. The second-order valence-corrected chi connectivity index (χ2v) is 13.3. The van der Waals surface area contributed by atoms with Gasteiger partial charge in [-0.25, -0.2) is 0 Å². The number of hydrogen-bond donors (Lipinski definition) is 7. The highest BCUT2D eigenvalue weighted by Crippen LogP contribution is 2.28. The fourth-order valence-electron chi connectivity index (χ4n) is 6.18.